The van der Waals surface area contributed by atoms with E-state index >= 15 is 0 Å². The molecule has 0 unspecified atom stereocenters. The van der Waals surface area contributed by atoms with E-state index in [0.29, 0.717) is 11.3 Å². The fourth-order valence-corrected chi connectivity index (χ4v) is 0.763. The molecule has 0 aliphatic rings. The Morgan fingerprint density at radius 2 is 2.08 bits per heavy atom. The van der Waals surface area contributed by atoms with Crippen LogP contribution in [-0.4, -0.2) is 18.1 Å². The number of hydrazine groups is 1. The lowest BCUT2D eigenvalue weighted by molar-refractivity contribution is 0.0953. The van der Waals surface area contributed by atoms with Crippen LogP contribution in [0, 0.1) is 0 Å². The van der Waals surface area contributed by atoms with Crippen LogP contribution in [0.5, 0.6) is 0 Å². The molecule has 0 saturated carbocycles. The number of hydrogen-bond donors (Lipinski definition) is 4. The first kappa shape index (κ1) is 11.4. The Hall–Kier alpha value is -1.59. The van der Waals surface area contributed by atoms with Crippen molar-refractivity contribution < 1.29 is 9.90 Å². The van der Waals surface area contributed by atoms with Crippen molar-refractivity contribution in [3.05, 3.63) is 29.8 Å². The minimum absolute atomic E-state index is 0.336. The van der Waals surface area contributed by atoms with E-state index in [1.54, 1.807) is 24.3 Å². The summed E-state index contributed by atoms with van der Waals surface area (Å²) in [4.78, 5) is 10.9. The highest BCUT2D eigenvalue weighted by atomic mass is 16.2. The summed E-state index contributed by atoms with van der Waals surface area (Å²) in [6.45, 7) is 0. The zero-order valence-electron chi connectivity index (χ0n) is 7.32. The Bertz CT molecular complexity index is 276. The van der Waals surface area contributed by atoms with Crippen molar-refractivity contribution in [3.63, 3.8) is 0 Å². The molecule has 0 fully saturated rings. The van der Waals surface area contributed by atoms with Crippen molar-refractivity contribution in [2.75, 3.05) is 12.8 Å². The van der Waals surface area contributed by atoms with E-state index in [9.17, 15) is 4.79 Å². The van der Waals surface area contributed by atoms with Crippen LogP contribution in [0.3, 0.4) is 0 Å². The van der Waals surface area contributed by atoms with Crippen LogP contribution in [0.4, 0.5) is 5.69 Å². The Kier molecular flexibility index (Phi) is 5.25. The number of rotatable bonds is 1. The number of nitrogens with two attached hydrogens (primary N) is 2. The second kappa shape index (κ2) is 5.99. The largest absolute Gasteiger partial charge is 0.400 e. The number of carbonyl (C=O) groups is 1. The molecular formula is C8H13N3O2. The highest BCUT2D eigenvalue weighted by Gasteiger charge is 2.01. The predicted molar refractivity (Wildman–Crippen MR) is 50.7 cm³/mol. The number of aliphatic hydroxyl groups is 1. The molecule has 1 amide bonds. The van der Waals surface area contributed by atoms with Crippen LogP contribution in [-0.2, 0) is 0 Å². The van der Waals surface area contributed by atoms with Crippen LogP contribution >= 0.6 is 0 Å². The molecule has 0 radical (unpaired) electrons. The summed E-state index contributed by atoms with van der Waals surface area (Å²) >= 11 is 0. The van der Waals surface area contributed by atoms with Gasteiger partial charge in [0.25, 0.3) is 5.91 Å². The molecule has 6 N–H and O–H groups in total. The third kappa shape index (κ3) is 3.55. The van der Waals surface area contributed by atoms with Crippen LogP contribution in [0.15, 0.2) is 24.3 Å². The van der Waals surface area contributed by atoms with Crippen molar-refractivity contribution in [3.8, 4) is 0 Å². The molecule has 1 aromatic carbocycles. The third-order valence-electron chi connectivity index (χ3n) is 1.28. The first-order chi connectivity index (χ1) is 6.24. The first-order valence-corrected chi connectivity index (χ1v) is 3.55. The molecule has 5 heteroatoms. The molecule has 1 aromatic rings. The number of amides is 1. The van der Waals surface area contributed by atoms with E-state index in [1.165, 1.54) is 0 Å². The third-order valence-corrected chi connectivity index (χ3v) is 1.28. The monoisotopic (exact) mass is 183 g/mol. The smallest absolute Gasteiger partial charge is 0.265 e. The van der Waals surface area contributed by atoms with Gasteiger partial charge in [-0.1, -0.05) is 6.07 Å². The molecule has 0 heterocycles. The summed E-state index contributed by atoms with van der Waals surface area (Å²) in [5.74, 6) is 4.58. The average Bonchev–Trinajstić information content (AvgIpc) is 2.20. The molecule has 72 valence electrons. The standard InChI is InChI=1S/C7H9N3O.CH4O/c8-6-3-1-2-5(4-6)7(11)10-9;1-2/h1-4H,8-9H2,(H,10,11);2H,1H3. The molecule has 5 nitrogen and oxygen atoms in total. The van der Waals surface area contributed by atoms with Crippen LogP contribution in [0.25, 0.3) is 0 Å². The topological polar surface area (TPSA) is 101 Å². The molecule has 0 spiro atoms. The second-order valence-corrected chi connectivity index (χ2v) is 2.10. The number of nitrogen functional groups attached to an aromatic ring is 2. The van der Waals surface area contributed by atoms with Crippen molar-refractivity contribution in [2.45, 2.75) is 0 Å². The van der Waals surface area contributed by atoms with E-state index < -0.39 is 0 Å². The predicted octanol–water partition coefficient (Wildman–Crippen LogP) is -0.519. The molecular weight excluding hydrogens is 170 g/mol. The number of aliphatic hydroxyl groups excluding tert-OH is 1. The SMILES string of the molecule is CO.NNC(=O)c1cccc(N)c1. The lowest BCUT2D eigenvalue weighted by atomic mass is 10.2. The minimum atomic E-state index is -0.336. The van der Waals surface area contributed by atoms with Gasteiger partial charge in [-0.3, -0.25) is 10.2 Å². The fourth-order valence-electron chi connectivity index (χ4n) is 0.763. The maximum atomic E-state index is 10.9. The summed E-state index contributed by atoms with van der Waals surface area (Å²) in [6.07, 6.45) is 0. The van der Waals surface area contributed by atoms with Gasteiger partial charge < -0.3 is 10.8 Å². The van der Waals surface area contributed by atoms with Crippen LogP contribution in [0.1, 0.15) is 10.4 Å². The minimum Gasteiger partial charge on any atom is -0.400 e. The molecule has 1 rings (SSSR count). The maximum Gasteiger partial charge on any atom is 0.265 e. The normalized spacial score (nSPS) is 8.23. The second-order valence-electron chi connectivity index (χ2n) is 2.10. The molecule has 0 aliphatic heterocycles. The molecule has 0 atom stereocenters. The van der Waals surface area contributed by atoms with Gasteiger partial charge in [0.05, 0.1) is 0 Å². The molecule has 0 aromatic heterocycles. The van der Waals surface area contributed by atoms with E-state index in [-0.39, 0.29) is 5.91 Å². The van der Waals surface area contributed by atoms with Gasteiger partial charge >= 0.3 is 0 Å². The average molecular weight is 183 g/mol. The summed E-state index contributed by atoms with van der Waals surface area (Å²) in [5.41, 5.74) is 8.46. The van der Waals surface area contributed by atoms with Crippen molar-refractivity contribution >= 4 is 11.6 Å². The Morgan fingerprint density at radius 1 is 1.46 bits per heavy atom. The number of hydrogen-bond acceptors (Lipinski definition) is 4. The van der Waals surface area contributed by atoms with Gasteiger partial charge in [-0.25, -0.2) is 5.84 Å². The summed E-state index contributed by atoms with van der Waals surface area (Å²) in [5, 5.41) is 7.00. The lowest BCUT2D eigenvalue weighted by Crippen LogP contribution is -2.29. The van der Waals surface area contributed by atoms with Gasteiger partial charge in [0.1, 0.15) is 0 Å². The molecule has 0 bridgehead atoms. The lowest BCUT2D eigenvalue weighted by Gasteiger charge is -1.98. The van der Waals surface area contributed by atoms with E-state index in [0.717, 1.165) is 7.11 Å². The van der Waals surface area contributed by atoms with Crippen LogP contribution in [0.2, 0.25) is 0 Å². The Morgan fingerprint density at radius 3 is 2.54 bits per heavy atom. The highest BCUT2D eigenvalue weighted by Crippen LogP contribution is 2.05. The van der Waals surface area contributed by atoms with Crippen molar-refractivity contribution in [2.24, 2.45) is 5.84 Å². The fraction of sp³-hybridized carbons (Fsp3) is 0.125. The Balaban J connectivity index is 0.000000671. The van der Waals surface area contributed by atoms with Gasteiger partial charge in [0.2, 0.25) is 0 Å². The van der Waals surface area contributed by atoms with E-state index in [4.69, 9.17) is 16.7 Å². The number of benzene rings is 1. The maximum absolute atomic E-state index is 10.9. The zero-order chi connectivity index (χ0) is 10.3. The highest BCUT2D eigenvalue weighted by molar-refractivity contribution is 5.94. The van der Waals surface area contributed by atoms with Gasteiger partial charge in [-0.2, -0.15) is 0 Å². The summed E-state index contributed by atoms with van der Waals surface area (Å²) < 4.78 is 0. The van der Waals surface area contributed by atoms with E-state index in [2.05, 4.69) is 0 Å². The number of carbonyl (C=O) groups excluding carboxylic acids is 1. The number of anilines is 1. The van der Waals surface area contributed by atoms with Crippen molar-refractivity contribution in [1.82, 2.24) is 5.43 Å². The molecule has 0 saturated heterocycles. The Labute approximate surface area is 76.3 Å². The zero-order valence-corrected chi connectivity index (χ0v) is 7.32. The van der Waals surface area contributed by atoms with Crippen LogP contribution < -0.4 is 17.0 Å². The first-order valence-electron chi connectivity index (χ1n) is 3.55. The molecule has 13 heavy (non-hydrogen) atoms. The van der Waals surface area contributed by atoms with Crippen molar-refractivity contribution in [1.29, 1.82) is 0 Å². The molecule has 0 aliphatic carbocycles. The van der Waals surface area contributed by atoms with E-state index in [1.807, 2.05) is 5.43 Å². The van der Waals surface area contributed by atoms with Gasteiger partial charge in [-0.15, -0.1) is 0 Å². The van der Waals surface area contributed by atoms with Gasteiger partial charge in [0, 0.05) is 18.4 Å². The number of nitrogens with one attached hydrogen (secondary N) is 1. The van der Waals surface area contributed by atoms with Gasteiger partial charge in [-0.05, 0) is 18.2 Å². The quantitative estimate of drug-likeness (QED) is 0.204. The summed E-state index contributed by atoms with van der Waals surface area (Å²) in [7, 11) is 1.00. The summed E-state index contributed by atoms with van der Waals surface area (Å²) in [6, 6.07) is 6.59. The van der Waals surface area contributed by atoms with Gasteiger partial charge in [0.15, 0.2) is 0 Å².